The van der Waals surface area contributed by atoms with Crippen LogP contribution in [0.5, 0.6) is 0 Å². The number of likely N-dealkylation sites (tertiary alicyclic amines) is 1. The summed E-state index contributed by atoms with van der Waals surface area (Å²) < 4.78 is 5.82. The Labute approximate surface area is 111 Å². The highest BCUT2D eigenvalue weighted by Gasteiger charge is 2.32. The van der Waals surface area contributed by atoms with Gasteiger partial charge in [-0.15, -0.1) is 0 Å². The van der Waals surface area contributed by atoms with E-state index in [0.29, 0.717) is 12.1 Å². The number of hydrogen-bond donors (Lipinski definition) is 1. The van der Waals surface area contributed by atoms with Gasteiger partial charge < -0.3 is 15.4 Å². The maximum atomic E-state index is 5.97. The minimum absolute atomic E-state index is 0.389. The zero-order chi connectivity index (χ0) is 13.0. The Morgan fingerprint density at radius 2 is 2.00 bits per heavy atom. The first-order chi connectivity index (χ1) is 8.70. The predicted octanol–water partition coefficient (Wildman–Crippen LogP) is 0.766. The second-order valence-corrected chi connectivity index (χ2v) is 6.10. The summed E-state index contributed by atoms with van der Waals surface area (Å²) in [7, 11) is 4.34. The summed E-state index contributed by atoms with van der Waals surface area (Å²) in [5.74, 6) is 0.860. The van der Waals surface area contributed by atoms with Gasteiger partial charge in [-0.25, -0.2) is 0 Å². The van der Waals surface area contributed by atoms with Gasteiger partial charge in [-0.3, -0.25) is 4.90 Å². The normalized spacial score (nSPS) is 29.0. The number of ether oxygens (including phenoxy) is 1. The highest BCUT2D eigenvalue weighted by atomic mass is 16.5. The fraction of sp³-hybridized carbons (Fsp3) is 1.00. The third-order valence-electron chi connectivity index (χ3n) is 4.38. The highest BCUT2D eigenvalue weighted by molar-refractivity contribution is 4.87. The summed E-state index contributed by atoms with van der Waals surface area (Å²) in [4.78, 5) is 4.88. The molecule has 2 aliphatic heterocycles. The topological polar surface area (TPSA) is 41.7 Å². The molecule has 0 spiro atoms. The van der Waals surface area contributed by atoms with Crippen LogP contribution in [0, 0.1) is 5.92 Å². The molecule has 4 heteroatoms. The molecular weight excluding hydrogens is 226 g/mol. The summed E-state index contributed by atoms with van der Waals surface area (Å²) in [6, 6.07) is 0.452. The third-order valence-corrected chi connectivity index (χ3v) is 4.38. The number of piperidine rings is 1. The lowest BCUT2D eigenvalue weighted by Gasteiger charge is -2.39. The van der Waals surface area contributed by atoms with Crippen LogP contribution < -0.4 is 5.73 Å². The SMILES string of the molecule is CN(C)CC1CCN(C(CN)C2CCCO2)CC1. The minimum Gasteiger partial charge on any atom is -0.377 e. The van der Waals surface area contributed by atoms with Gasteiger partial charge >= 0.3 is 0 Å². The molecule has 2 heterocycles. The smallest absolute Gasteiger partial charge is 0.0743 e. The molecule has 2 unspecified atom stereocenters. The molecule has 2 atom stereocenters. The van der Waals surface area contributed by atoms with Gasteiger partial charge in [0.05, 0.1) is 6.10 Å². The van der Waals surface area contributed by atoms with Gasteiger partial charge in [-0.05, 0) is 58.8 Å². The van der Waals surface area contributed by atoms with E-state index in [-0.39, 0.29) is 0 Å². The largest absolute Gasteiger partial charge is 0.377 e. The van der Waals surface area contributed by atoms with Crippen molar-refractivity contribution in [1.82, 2.24) is 9.80 Å². The molecule has 0 saturated carbocycles. The average Bonchev–Trinajstić information content (AvgIpc) is 2.85. The van der Waals surface area contributed by atoms with Crippen molar-refractivity contribution in [3.05, 3.63) is 0 Å². The van der Waals surface area contributed by atoms with E-state index in [1.54, 1.807) is 0 Å². The van der Waals surface area contributed by atoms with E-state index in [4.69, 9.17) is 10.5 Å². The maximum Gasteiger partial charge on any atom is 0.0743 e. The summed E-state index contributed by atoms with van der Waals surface area (Å²) in [5.41, 5.74) is 5.97. The van der Waals surface area contributed by atoms with E-state index in [1.807, 2.05) is 0 Å². The van der Waals surface area contributed by atoms with Crippen LogP contribution in [0.1, 0.15) is 25.7 Å². The Morgan fingerprint density at radius 3 is 2.50 bits per heavy atom. The summed E-state index contributed by atoms with van der Waals surface area (Å²) in [6.07, 6.45) is 5.40. The molecule has 0 aromatic carbocycles. The van der Waals surface area contributed by atoms with Gasteiger partial charge in [0.1, 0.15) is 0 Å². The fourth-order valence-electron chi connectivity index (χ4n) is 3.43. The monoisotopic (exact) mass is 255 g/mol. The molecule has 0 aromatic rings. The van der Waals surface area contributed by atoms with E-state index in [9.17, 15) is 0 Å². The van der Waals surface area contributed by atoms with Crippen LogP contribution in [0.15, 0.2) is 0 Å². The van der Waals surface area contributed by atoms with E-state index >= 15 is 0 Å². The molecule has 2 aliphatic rings. The zero-order valence-electron chi connectivity index (χ0n) is 12.0. The Bertz CT molecular complexity index is 233. The minimum atomic E-state index is 0.389. The summed E-state index contributed by atoms with van der Waals surface area (Å²) in [6.45, 7) is 5.28. The van der Waals surface area contributed by atoms with Gasteiger partial charge in [0.2, 0.25) is 0 Å². The van der Waals surface area contributed by atoms with E-state index in [1.165, 1.54) is 45.3 Å². The lowest BCUT2D eigenvalue weighted by molar-refractivity contribution is 0.0115. The average molecular weight is 255 g/mol. The van der Waals surface area contributed by atoms with Crippen molar-refractivity contribution < 1.29 is 4.74 Å². The Balaban J connectivity index is 1.80. The van der Waals surface area contributed by atoms with E-state index in [0.717, 1.165) is 19.1 Å². The lowest BCUT2D eigenvalue weighted by atomic mass is 9.94. The molecular formula is C14H29N3O. The Hall–Kier alpha value is -0.160. The predicted molar refractivity (Wildman–Crippen MR) is 74.7 cm³/mol. The number of nitrogens with zero attached hydrogens (tertiary/aromatic N) is 2. The molecule has 2 saturated heterocycles. The van der Waals surface area contributed by atoms with Gasteiger partial charge in [-0.2, -0.15) is 0 Å². The van der Waals surface area contributed by atoms with Gasteiger partial charge in [0.25, 0.3) is 0 Å². The molecule has 0 amide bonds. The van der Waals surface area contributed by atoms with E-state index < -0.39 is 0 Å². The first-order valence-corrected chi connectivity index (χ1v) is 7.41. The Morgan fingerprint density at radius 1 is 1.28 bits per heavy atom. The fourth-order valence-corrected chi connectivity index (χ4v) is 3.43. The van der Waals surface area contributed by atoms with Crippen molar-refractivity contribution in [3.8, 4) is 0 Å². The van der Waals surface area contributed by atoms with Crippen molar-refractivity contribution in [2.45, 2.75) is 37.8 Å². The molecule has 0 aliphatic carbocycles. The standard InChI is InChI=1S/C14H29N3O/c1-16(2)11-12-5-7-17(8-6-12)13(10-15)14-4-3-9-18-14/h12-14H,3-11,15H2,1-2H3. The van der Waals surface area contributed by atoms with Crippen LogP contribution in [0.25, 0.3) is 0 Å². The van der Waals surface area contributed by atoms with Crippen LogP contribution >= 0.6 is 0 Å². The van der Waals surface area contributed by atoms with Crippen molar-refractivity contribution in [1.29, 1.82) is 0 Å². The third kappa shape index (κ3) is 3.67. The lowest BCUT2D eigenvalue weighted by Crippen LogP contribution is -2.51. The quantitative estimate of drug-likeness (QED) is 0.788. The molecule has 4 nitrogen and oxygen atoms in total. The highest BCUT2D eigenvalue weighted by Crippen LogP contribution is 2.24. The maximum absolute atomic E-state index is 5.97. The molecule has 2 N–H and O–H groups in total. The molecule has 2 fully saturated rings. The van der Waals surface area contributed by atoms with Crippen molar-refractivity contribution in [3.63, 3.8) is 0 Å². The van der Waals surface area contributed by atoms with Crippen LogP contribution in [0.2, 0.25) is 0 Å². The zero-order valence-corrected chi connectivity index (χ0v) is 12.0. The second kappa shape index (κ2) is 6.85. The molecule has 0 radical (unpaired) electrons. The van der Waals surface area contributed by atoms with Gasteiger partial charge in [-0.1, -0.05) is 0 Å². The van der Waals surface area contributed by atoms with Crippen LogP contribution in [0.4, 0.5) is 0 Å². The molecule has 18 heavy (non-hydrogen) atoms. The summed E-state index contributed by atoms with van der Waals surface area (Å²) >= 11 is 0. The van der Waals surface area contributed by atoms with Crippen LogP contribution in [-0.4, -0.2) is 68.8 Å². The van der Waals surface area contributed by atoms with Crippen molar-refractivity contribution >= 4 is 0 Å². The van der Waals surface area contributed by atoms with E-state index in [2.05, 4.69) is 23.9 Å². The second-order valence-electron chi connectivity index (χ2n) is 6.10. The van der Waals surface area contributed by atoms with Crippen molar-refractivity contribution in [2.75, 3.05) is 46.9 Å². The number of hydrogen-bond acceptors (Lipinski definition) is 4. The van der Waals surface area contributed by atoms with Crippen LogP contribution in [-0.2, 0) is 4.74 Å². The number of nitrogens with two attached hydrogens (primary N) is 1. The van der Waals surface area contributed by atoms with Crippen LogP contribution in [0.3, 0.4) is 0 Å². The number of rotatable bonds is 5. The molecule has 2 rings (SSSR count). The molecule has 106 valence electrons. The molecule has 0 bridgehead atoms. The first kappa shape index (κ1) is 14.3. The van der Waals surface area contributed by atoms with Crippen molar-refractivity contribution in [2.24, 2.45) is 11.7 Å². The summed E-state index contributed by atoms with van der Waals surface area (Å²) in [5, 5.41) is 0. The first-order valence-electron chi connectivity index (χ1n) is 7.41. The molecule has 0 aromatic heterocycles. The van der Waals surface area contributed by atoms with Gasteiger partial charge in [0.15, 0.2) is 0 Å². The van der Waals surface area contributed by atoms with Gasteiger partial charge in [0, 0.05) is 25.7 Å². The Kier molecular flexibility index (Phi) is 5.42.